The van der Waals surface area contributed by atoms with Crippen molar-refractivity contribution in [3.8, 4) is 0 Å². The van der Waals surface area contributed by atoms with Gasteiger partial charge in [0, 0.05) is 6.61 Å². The molecule has 2 aliphatic heterocycles. The Morgan fingerprint density at radius 3 is 3.00 bits per heavy atom. The first-order chi connectivity index (χ1) is 5.42. The van der Waals surface area contributed by atoms with Gasteiger partial charge in [0.1, 0.15) is 5.60 Å². The lowest BCUT2D eigenvalue weighted by atomic mass is 9.81. The van der Waals surface area contributed by atoms with Crippen molar-refractivity contribution < 1.29 is 9.47 Å². The number of rotatable bonds is 0. The average molecular weight is 154 g/mol. The molecule has 2 heteroatoms. The second-order valence-corrected chi connectivity index (χ2v) is 3.96. The summed E-state index contributed by atoms with van der Waals surface area (Å²) >= 11 is 0. The van der Waals surface area contributed by atoms with Crippen LogP contribution in [0.25, 0.3) is 0 Å². The molecule has 3 aliphatic rings. The van der Waals surface area contributed by atoms with E-state index in [1.54, 1.807) is 0 Å². The van der Waals surface area contributed by atoms with Crippen molar-refractivity contribution in [3.63, 3.8) is 0 Å². The van der Waals surface area contributed by atoms with Crippen LogP contribution in [-0.2, 0) is 9.47 Å². The van der Waals surface area contributed by atoms with E-state index in [2.05, 4.69) is 0 Å². The highest BCUT2D eigenvalue weighted by Crippen LogP contribution is 2.53. The highest BCUT2D eigenvalue weighted by Gasteiger charge is 2.63. The van der Waals surface area contributed by atoms with Gasteiger partial charge in [0.2, 0.25) is 0 Å². The van der Waals surface area contributed by atoms with E-state index in [1.165, 1.54) is 25.7 Å². The highest BCUT2D eigenvalue weighted by atomic mass is 16.6. The summed E-state index contributed by atoms with van der Waals surface area (Å²) in [6.45, 7) is 0.928. The zero-order valence-electron chi connectivity index (χ0n) is 6.71. The van der Waals surface area contributed by atoms with Gasteiger partial charge in [-0.1, -0.05) is 12.8 Å². The summed E-state index contributed by atoms with van der Waals surface area (Å²) in [5.74, 6) is 0. The Labute approximate surface area is 66.9 Å². The molecule has 3 rings (SSSR count). The third-order valence-electron chi connectivity index (χ3n) is 3.38. The molecule has 0 radical (unpaired) electrons. The minimum absolute atomic E-state index is 0.219. The molecule has 62 valence electrons. The summed E-state index contributed by atoms with van der Waals surface area (Å²) < 4.78 is 11.4. The third kappa shape index (κ3) is 0.744. The zero-order valence-corrected chi connectivity index (χ0v) is 6.71. The molecule has 1 spiro atoms. The van der Waals surface area contributed by atoms with Crippen LogP contribution in [0.2, 0.25) is 0 Å². The fraction of sp³-hybridized carbons (Fsp3) is 1.00. The SMILES string of the molecule is C1CCC23OC2CCOC3C1. The number of ether oxygens (including phenoxy) is 2. The first-order valence-corrected chi connectivity index (χ1v) is 4.71. The monoisotopic (exact) mass is 154 g/mol. The van der Waals surface area contributed by atoms with Crippen molar-refractivity contribution in [2.45, 2.75) is 49.9 Å². The molecule has 2 heterocycles. The van der Waals surface area contributed by atoms with Crippen LogP contribution in [0.4, 0.5) is 0 Å². The van der Waals surface area contributed by atoms with Crippen molar-refractivity contribution in [1.29, 1.82) is 0 Å². The number of hydrogen-bond donors (Lipinski definition) is 0. The van der Waals surface area contributed by atoms with Gasteiger partial charge in [-0.3, -0.25) is 0 Å². The van der Waals surface area contributed by atoms with E-state index < -0.39 is 0 Å². The third-order valence-corrected chi connectivity index (χ3v) is 3.38. The molecular formula is C9H14O2. The number of hydrogen-bond acceptors (Lipinski definition) is 2. The van der Waals surface area contributed by atoms with E-state index in [1.807, 2.05) is 0 Å². The molecule has 1 aliphatic carbocycles. The van der Waals surface area contributed by atoms with E-state index >= 15 is 0 Å². The molecule has 0 aromatic heterocycles. The van der Waals surface area contributed by atoms with Gasteiger partial charge in [0.05, 0.1) is 12.2 Å². The molecule has 11 heavy (non-hydrogen) atoms. The van der Waals surface area contributed by atoms with Gasteiger partial charge in [-0.05, 0) is 19.3 Å². The summed E-state index contributed by atoms with van der Waals surface area (Å²) in [5.41, 5.74) is 0.219. The Morgan fingerprint density at radius 2 is 2.09 bits per heavy atom. The minimum Gasteiger partial charge on any atom is -0.375 e. The van der Waals surface area contributed by atoms with Crippen LogP contribution in [0, 0.1) is 0 Å². The Kier molecular flexibility index (Phi) is 1.16. The van der Waals surface area contributed by atoms with Crippen molar-refractivity contribution >= 4 is 0 Å². The summed E-state index contributed by atoms with van der Waals surface area (Å²) in [6.07, 6.45) is 7.32. The molecule has 0 aromatic carbocycles. The molecule has 2 saturated heterocycles. The largest absolute Gasteiger partial charge is 0.375 e. The molecule has 2 nitrogen and oxygen atoms in total. The van der Waals surface area contributed by atoms with Gasteiger partial charge < -0.3 is 9.47 Å². The summed E-state index contributed by atoms with van der Waals surface area (Å²) in [7, 11) is 0. The summed E-state index contributed by atoms with van der Waals surface area (Å²) in [4.78, 5) is 0. The van der Waals surface area contributed by atoms with Crippen molar-refractivity contribution in [2.24, 2.45) is 0 Å². The van der Waals surface area contributed by atoms with Crippen LogP contribution in [-0.4, -0.2) is 24.4 Å². The smallest absolute Gasteiger partial charge is 0.121 e. The minimum atomic E-state index is 0.219. The van der Waals surface area contributed by atoms with Crippen LogP contribution in [0.15, 0.2) is 0 Å². The van der Waals surface area contributed by atoms with Gasteiger partial charge in [-0.2, -0.15) is 0 Å². The van der Waals surface area contributed by atoms with Crippen molar-refractivity contribution in [1.82, 2.24) is 0 Å². The molecule has 3 atom stereocenters. The maximum Gasteiger partial charge on any atom is 0.121 e. The Balaban J connectivity index is 1.84. The lowest BCUT2D eigenvalue weighted by Crippen LogP contribution is -2.41. The fourth-order valence-corrected chi connectivity index (χ4v) is 2.72. The van der Waals surface area contributed by atoms with Crippen LogP contribution in [0.5, 0.6) is 0 Å². The topological polar surface area (TPSA) is 21.8 Å². The predicted molar refractivity (Wildman–Crippen MR) is 40.4 cm³/mol. The van der Waals surface area contributed by atoms with Crippen LogP contribution in [0.3, 0.4) is 0 Å². The van der Waals surface area contributed by atoms with Crippen molar-refractivity contribution in [2.75, 3.05) is 6.61 Å². The second kappa shape index (κ2) is 1.99. The van der Waals surface area contributed by atoms with E-state index in [9.17, 15) is 0 Å². The molecule has 0 N–H and O–H groups in total. The van der Waals surface area contributed by atoms with Gasteiger partial charge >= 0.3 is 0 Å². The highest BCUT2D eigenvalue weighted by molar-refractivity contribution is 5.11. The maximum absolute atomic E-state index is 5.74. The maximum atomic E-state index is 5.74. The lowest BCUT2D eigenvalue weighted by Gasteiger charge is -2.32. The van der Waals surface area contributed by atoms with Crippen LogP contribution < -0.4 is 0 Å². The molecule has 0 bridgehead atoms. The molecule has 3 unspecified atom stereocenters. The van der Waals surface area contributed by atoms with Gasteiger partial charge in [-0.25, -0.2) is 0 Å². The summed E-state index contributed by atoms with van der Waals surface area (Å²) in [6, 6.07) is 0. The zero-order chi connectivity index (χ0) is 7.31. The predicted octanol–water partition coefficient (Wildman–Crippen LogP) is 1.49. The average Bonchev–Trinajstić information content (AvgIpc) is 2.75. The normalized spacial score (nSPS) is 54.5. The van der Waals surface area contributed by atoms with Crippen LogP contribution >= 0.6 is 0 Å². The number of epoxide rings is 1. The van der Waals surface area contributed by atoms with E-state index in [-0.39, 0.29) is 5.60 Å². The van der Waals surface area contributed by atoms with E-state index in [0.29, 0.717) is 12.2 Å². The van der Waals surface area contributed by atoms with E-state index in [0.717, 1.165) is 13.0 Å². The van der Waals surface area contributed by atoms with E-state index in [4.69, 9.17) is 9.47 Å². The molecule has 1 saturated carbocycles. The Bertz CT molecular complexity index is 178. The first kappa shape index (κ1) is 6.44. The first-order valence-electron chi connectivity index (χ1n) is 4.71. The quantitative estimate of drug-likeness (QED) is 0.493. The lowest BCUT2D eigenvalue weighted by molar-refractivity contribution is -0.0344. The standard InChI is InChI=1S/C9H14O2/c1-2-5-9-7(3-1)10-6-4-8(9)11-9/h7-8H,1-6H2. The summed E-state index contributed by atoms with van der Waals surface area (Å²) in [5, 5.41) is 0. The Morgan fingerprint density at radius 1 is 1.09 bits per heavy atom. The van der Waals surface area contributed by atoms with Crippen LogP contribution in [0.1, 0.15) is 32.1 Å². The van der Waals surface area contributed by atoms with Gasteiger partial charge in [-0.15, -0.1) is 0 Å². The molecule has 0 aromatic rings. The molecular weight excluding hydrogens is 140 g/mol. The van der Waals surface area contributed by atoms with Gasteiger partial charge in [0.15, 0.2) is 0 Å². The fourth-order valence-electron chi connectivity index (χ4n) is 2.72. The van der Waals surface area contributed by atoms with Crippen molar-refractivity contribution in [3.05, 3.63) is 0 Å². The van der Waals surface area contributed by atoms with Gasteiger partial charge in [0.25, 0.3) is 0 Å². The molecule has 3 fully saturated rings. The second-order valence-electron chi connectivity index (χ2n) is 3.96. The Hall–Kier alpha value is -0.0800. The molecule has 0 amide bonds.